The maximum absolute atomic E-state index is 13.3. The lowest BCUT2D eigenvalue weighted by molar-refractivity contribution is -0.154. The number of esters is 1. The predicted molar refractivity (Wildman–Crippen MR) is 114 cm³/mol. The van der Waals surface area contributed by atoms with Crippen molar-refractivity contribution >= 4 is 12.0 Å². The summed E-state index contributed by atoms with van der Waals surface area (Å²) in [6.07, 6.45) is 2.99. The van der Waals surface area contributed by atoms with E-state index in [4.69, 9.17) is 15.2 Å². The van der Waals surface area contributed by atoms with Gasteiger partial charge in [-0.25, -0.2) is 4.79 Å². The quantitative estimate of drug-likeness (QED) is 0.784. The number of primary amides is 1. The number of carbonyl (C=O) groups excluding carboxylic acids is 2. The highest BCUT2D eigenvalue weighted by Gasteiger charge is 2.37. The first-order chi connectivity index (χ1) is 14.6. The fraction of sp³-hybridized carbons (Fsp3) is 0.417. The Bertz CT molecular complexity index is 915. The number of benzene rings is 2. The molecule has 2 N–H and O–H groups in total. The monoisotopic (exact) mass is 408 g/mol. The number of fused-ring (bicyclic) bond motifs is 1. The molecule has 1 saturated heterocycles. The van der Waals surface area contributed by atoms with Crippen LogP contribution in [0.25, 0.3) is 0 Å². The Labute approximate surface area is 177 Å². The van der Waals surface area contributed by atoms with E-state index in [1.165, 1.54) is 5.56 Å². The number of piperidine rings is 1. The Morgan fingerprint density at radius 3 is 2.63 bits per heavy atom. The molecule has 1 aliphatic carbocycles. The molecule has 0 bridgehead atoms. The number of rotatable bonds is 4. The predicted octanol–water partition coefficient (Wildman–Crippen LogP) is 3.60. The molecular weight excluding hydrogens is 380 g/mol. The van der Waals surface area contributed by atoms with Crippen LogP contribution in [-0.2, 0) is 16.0 Å². The number of methoxy groups -OCH3 is 1. The normalized spacial score (nSPS) is 23.4. The van der Waals surface area contributed by atoms with Crippen LogP contribution in [0.5, 0.6) is 5.75 Å². The van der Waals surface area contributed by atoms with Gasteiger partial charge in [0.05, 0.1) is 13.0 Å². The second-order valence-corrected chi connectivity index (χ2v) is 8.08. The number of urea groups is 1. The first-order valence-corrected chi connectivity index (χ1v) is 10.5. The number of ether oxygens (including phenoxy) is 2. The summed E-state index contributed by atoms with van der Waals surface area (Å²) in [5.41, 5.74) is 8.76. The van der Waals surface area contributed by atoms with Crippen LogP contribution in [0.3, 0.4) is 0 Å². The van der Waals surface area contributed by atoms with E-state index in [1.807, 2.05) is 48.5 Å². The van der Waals surface area contributed by atoms with Crippen molar-refractivity contribution < 1.29 is 19.1 Å². The van der Waals surface area contributed by atoms with Crippen molar-refractivity contribution in [2.45, 2.75) is 43.6 Å². The molecule has 4 rings (SSSR count). The van der Waals surface area contributed by atoms with Crippen LogP contribution in [-0.4, -0.2) is 43.2 Å². The average molecular weight is 408 g/mol. The molecule has 2 amide bonds. The Kier molecular flexibility index (Phi) is 5.93. The molecule has 0 aromatic heterocycles. The molecule has 30 heavy (non-hydrogen) atoms. The summed E-state index contributed by atoms with van der Waals surface area (Å²) < 4.78 is 11.5. The third-order valence-electron chi connectivity index (χ3n) is 6.31. The minimum absolute atomic E-state index is 0.0928. The van der Waals surface area contributed by atoms with Crippen molar-refractivity contribution in [3.63, 3.8) is 0 Å². The molecular formula is C24H28N2O4. The zero-order valence-corrected chi connectivity index (χ0v) is 17.3. The van der Waals surface area contributed by atoms with Crippen molar-refractivity contribution in [1.82, 2.24) is 4.90 Å². The highest BCUT2D eigenvalue weighted by molar-refractivity contribution is 5.79. The van der Waals surface area contributed by atoms with E-state index >= 15 is 0 Å². The maximum Gasteiger partial charge on any atom is 0.314 e. The Morgan fingerprint density at radius 1 is 1.10 bits per heavy atom. The summed E-state index contributed by atoms with van der Waals surface area (Å²) in [4.78, 5) is 26.6. The number of amides is 2. The minimum atomic E-state index is -0.436. The van der Waals surface area contributed by atoms with Crippen LogP contribution < -0.4 is 10.5 Å². The van der Waals surface area contributed by atoms with Gasteiger partial charge in [0.15, 0.2) is 0 Å². The Morgan fingerprint density at radius 2 is 1.90 bits per heavy atom. The molecule has 2 aromatic carbocycles. The van der Waals surface area contributed by atoms with E-state index in [2.05, 4.69) is 0 Å². The molecule has 0 saturated carbocycles. The van der Waals surface area contributed by atoms with Gasteiger partial charge in [0, 0.05) is 25.4 Å². The fourth-order valence-electron chi connectivity index (χ4n) is 4.67. The summed E-state index contributed by atoms with van der Waals surface area (Å²) in [6.45, 7) is 0.943. The second-order valence-electron chi connectivity index (χ2n) is 8.08. The summed E-state index contributed by atoms with van der Waals surface area (Å²) in [5.74, 6) is 0.187. The van der Waals surface area contributed by atoms with Crippen molar-refractivity contribution in [3.05, 3.63) is 65.2 Å². The van der Waals surface area contributed by atoms with Gasteiger partial charge in [-0.15, -0.1) is 0 Å². The Hall–Kier alpha value is -3.02. The molecule has 0 spiro atoms. The molecule has 2 aliphatic rings. The molecule has 1 fully saturated rings. The smallest absolute Gasteiger partial charge is 0.314 e. The van der Waals surface area contributed by atoms with Crippen molar-refractivity contribution in [2.24, 2.45) is 5.73 Å². The zero-order chi connectivity index (χ0) is 21.1. The average Bonchev–Trinajstić information content (AvgIpc) is 2.78. The summed E-state index contributed by atoms with van der Waals surface area (Å²) in [6, 6.07) is 15.4. The van der Waals surface area contributed by atoms with Crippen LogP contribution in [0, 0.1) is 0 Å². The van der Waals surface area contributed by atoms with Gasteiger partial charge in [-0.1, -0.05) is 36.4 Å². The maximum atomic E-state index is 13.3. The lowest BCUT2D eigenvalue weighted by Crippen LogP contribution is -2.48. The van der Waals surface area contributed by atoms with Gasteiger partial charge in [0.25, 0.3) is 0 Å². The van der Waals surface area contributed by atoms with Crippen LogP contribution in [0.15, 0.2) is 48.5 Å². The van der Waals surface area contributed by atoms with Gasteiger partial charge in [-0.3, -0.25) is 4.79 Å². The van der Waals surface area contributed by atoms with Crippen LogP contribution in [0.4, 0.5) is 4.79 Å². The summed E-state index contributed by atoms with van der Waals surface area (Å²) >= 11 is 0. The first kappa shape index (κ1) is 20.3. The number of nitrogens with zero attached hydrogens (tertiary/aromatic N) is 1. The van der Waals surface area contributed by atoms with E-state index in [9.17, 15) is 9.59 Å². The minimum Gasteiger partial charge on any atom is -0.497 e. The molecule has 2 aromatic rings. The highest BCUT2D eigenvalue weighted by Crippen LogP contribution is 2.37. The van der Waals surface area contributed by atoms with Crippen LogP contribution in [0.1, 0.15) is 47.8 Å². The van der Waals surface area contributed by atoms with Gasteiger partial charge < -0.3 is 20.1 Å². The standard InChI is InChI=1S/C24H28N2O4/c1-29-18-11-10-17-8-5-9-19(20(17)14-18)23(27)30-22-12-13-26(24(25)28)15-21(22)16-6-3-2-4-7-16/h2-4,6-7,10-11,14,19,21-22H,5,8-9,12-13,15H2,1H3,(H2,25,28). The highest BCUT2D eigenvalue weighted by atomic mass is 16.5. The molecule has 1 heterocycles. The molecule has 3 atom stereocenters. The third-order valence-corrected chi connectivity index (χ3v) is 6.31. The van der Waals surface area contributed by atoms with E-state index < -0.39 is 6.03 Å². The number of nitrogens with two attached hydrogens (primary N) is 1. The van der Waals surface area contributed by atoms with Gasteiger partial charge in [0.2, 0.25) is 0 Å². The molecule has 6 nitrogen and oxygen atoms in total. The second kappa shape index (κ2) is 8.78. The third kappa shape index (κ3) is 4.13. The van der Waals surface area contributed by atoms with Gasteiger partial charge >= 0.3 is 12.0 Å². The van der Waals surface area contributed by atoms with Gasteiger partial charge in [0.1, 0.15) is 11.9 Å². The number of carbonyl (C=O) groups is 2. The van der Waals surface area contributed by atoms with Crippen molar-refractivity contribution in [3.8, 4) is 5.75 Å². The van der Waals surface area contributed by atoms with E-state index in [0.717, 1.165) is 36.1 Å². The lowest BCUT2D eigenvalue weighted by atomic mass is 9.82. The topological polar surface area (TPSA) is 81.9 Å². The van der Waals surface area contributed by atoms with Crippen molar-refractivity contribution in [2.75, 3.05) is 20.2 Å². The number of aryl methyl sites for hydroxylation is 1. The van der Waals surface area contributed by atoms with Crippen LogP contribution >= 0.6 is 0 Å². The molecule has 158 valence electrons. The largest absolute Gasteiger partial charge is 0.497 e. The van der Waals surface area contributed by atoms with E-state index in [0.29, 0.717) is 19.5 Å². The number of likely N-dealkylation sites (tertiary alicyclic amines) is 1. The first-order valence-electron chi connectivity index (χ1n) is 10.5. The molecule has 0 radical (unpaired) electrons. The van der Waals surface area contributed by atoms with E-state index in [1.54, 1.807) is 12.0 Å². The fourth-order valence-corrected chi connectivity index (χ4v) is 4.67. The molecule has 3 unspecified atom stereocenters. The molecule has 6 heteroatoms. The van der Waals surface area contributed by atoms with Gasteiger partial charge in [-0.2, -0.15) is 0 Å². The van der Waals surface area contributed by atoms with E-state index in [-0.39, 0.29) is 23.9 Å². The number of hydrogen-bond acceptors (Lipinski definition) is 4. The summed E-state index contributed by atoms with van der Waals surface area (Å²) in [5, 5.41) is 0. The van der Waals surface area contributed by atoms with Gasteiger partial charge in [-0.05, 0) is 48.1 Å². The van der Waals surface area contributed by atoms with Crippen LogP contribution in [0.2, 0.25) is 0 Å². The number of hydrogen-bond donors (Lipinski definition) is 1. The Balaban J connectivity index is 1.55. The summed E-state index contributed by atoms with van der Waals surface area (Å²) in [7, 11) is 1.63. The lowest BCUT2D eigenvalue weighted by Gasteiger charge is -2.38. The van der Waals surface area contributed by atoms with Crippen molar-refractivity contribution in [1.29, 1.82) is 0 Å². The molecule has 1 aliphatic heterocycles. The zero-order valence-electron chi connectivity index (χ0n) is 17.3. The SMILES string of the molecule is COc1ccc2c(c1)C(C(=O)OC1CCN(C(N)=O)CC1c1ccccc1)CCC2.